The SMILES string of the molecule is CC(=O)Nc1ccc(O)cc1CC(=O)O. The van der Waals surface area contributed by atoms with Crippen molar-refractivity contribution in [2.45, 2.75) is 13.3 Å². The van der Waals surface area contributed by atoms with Crippen LogP contribution in [0, 0.1) is 0 Å². The Morgan fingerprint density at radius 1 is 1.40 bits per heavy atom. The molecule has 0 saturated heterocycles. The quantitative estimate of drug-likeness (QED) is 0.647. The number of carbonyl (C=O) groups is 2. The Bertz CT molecular complexity index is 400. The lowest BCUT2D eigenvalue weighted by Crippen LogP contribution is -2.10. The van der Waals surface area contributed by atoms with E-state index in [9.17, 15) is 14.7 Å². The number of aromatic hydroxyl groups is 1. The number of amides is 1. The van der Waals surface area contributed by atoms with Gasteiger partial charge in [0.15, 0.2) is 0 Å². The van der Waals surface area contributed by atoms with Gasteiger partial charge in [0.1, 0.15) is 5.75 Å². The molecule has 0 aliphatic heterocycles. The van der Waals surface area contributed by atoms with Crippen molar-refractivity contribution in [1.29, 1.82) is 0 Å². The monoisotopic (exact) mass is 209 g/mol. The molecular formula is C10H11NO4. The highest BCUT2D eigenvalue weighted by Gasteiger charge is 2.08. The molecule has 0 aliphatic carbocycles. The van der Waals surface area contributed by atoms with Crippen LogP contribution in [0.25, 0.3) is 0 Å². The van der Waals surface area contributed by atoms with Crippen molar-refractivity contribution < 1.29 is 19.8 Å². The maximum atomic E-state index is 10.8. The first-order chi connectivity index (χ1) is 6.99. The summed E-state index contributed by atoms with van der Waals surface area (Å²) in [5, 5.41) is 20.3. The van der Waals surface area contributed by atoms with Gasteiger partial charge in [0, 0.05) is 12.6 Å². The minimum absolute atomic E-state index is 0.0275. The molecule has 0 spiro atoms. The lowest BCUT2D eigenvalue weighted by molar-refractivity contribution is -0.136. The number of phenols is 1. The molecule has 3 N–H and O–H groups in total. The standard InChI is InChI=1S/C10H11NO4/c1-6(12)11-9-3-2-8(13)4-7(9)5-10(14)15/h2-4,13H,5H2,1H3,(H,11,12)(H,14,15). The molecule has 1 amide bonds. The molecule has 5 heteroatoms. The molecule has 0 bridgehead atoms. The number of carboxylic acids is 1. The van der Waals surface area contributed by atoms with Crippen LogP contribution in [0.3, 0.4) is 0 Å². The molecule has 5 nitrogen and oxygen atoms in total. The topological polar surface area (TPSA) is 86.6 Å². The predicted octanol–water partition coefficient (Wildman–Crippen LogP) is 0.978. The van der Waals surface area contributed by atoms with Gasteiger partial charge < -0.3 is 15.5 Å². The van der Waals surface area contributed by atoms with Crippen LogP contribution in [0.15, 0.2) is 18.2 Å². The molecule has 0 heterocycles. The van der Waals surface area contributed by atoms with Gasteiger partial charge in [-0.2, -0.15) is 0 Å². The molecule has 1 rings (SSSR count). The highest BCUT2D eigenvalue weighted by Crippen LogP contribution is 2.21. The molecule has 0 fully saturated rings. The molecular weight excluding hydrogens is 198 g/mol. The maximum Gasteiger partial charge on any atom is 0.307 e. The minimum atomic E-state index is -1.02. The number of carbonyl (C=O) groups excluding carboxylic acids is 1. The predicted molar refractivity (Wildman–Crippen MR) is 53.8 cm³/mol. The van der Waals surface area contributed by atoms with E-state index >= 15 is 0 Å². The van der Waals surface area contributed by atoms with Crippen LogP contribution in [-0.4, -0.2) is 22.1 Å². The third-order valence-electron chi connectivity index (χ3n) is 1.74. The number of hydrogen-bond donors (Lipinski definition) is 3. The van der Waals surface area contributed by atoms with Crippen molar-refractivity contribution >= 4 is 17.6 Å². The van der Waals surface area contributed by atoms with E-state index < -0.39 is 5.97 Å². The largest absolute Gasteiger partial charge is 0.508 e. The fraction of sp³-hybridized carbons (Fsp3) is 0.200. The number of anilines is 1. The zero-order chi connectivity index (χ0) is 11.4. The van der Waals surface area contributed by atoms with Crippen LogP contribution in [0.1, 0.15) is 12.5 Å². The number of rotatable bonds is 3. The zero-order valence-corrected chi connectivity index (χ0v) is 8.15. The van der Waals surface area contributed by atoms with Crippen molar-refractivity contribution in [3.8, 4) is 5.75 Å². The average Bonchev–Trinajstić information content (AvgIpc) is 2.08. The fourth-order valence-corrected chi connectivity index (χ4v) is 1.20. The van der Waals surface area contributed by atoms with Gasteiger partial charge in [-0.15, -0.1) is 0 Å². The molecule has 0 unspecified atom stereocenters. The summed E-state index contributed by atoms with van der Waals surface area (Å²) in [6.45, 7) is 1.33. The number of hydrogen-bond acceptors (Lipinski definition) is 3. The molecule has 80 valence electrons. The number of nitrogens with one attached hydrogen (secondary N) is 1. The summed E-state index contributed by atoms with van der Waals surface area (Å²) in [5.41, 5.74) is 0.778. The van der Waals surface area contributed by atoms with Gasteiger partial charge in [-0.05, 0) is 23.8 Å². The normalized spacial score (nSPS) is 9.67. The fourth-order valence-electron chi connectivity index (χ4n) is 1.20. The Kier molecular flexibility index (Phi) is 3.28. The van der Waals surface area contributed by atoms with Crippen molar-refractivity contribution in [3.05, 3.63) is 23.8 Å². The highest BCUT2D eigenvalue weighted by molar-refractivity contribution is 5.90. The Hall–Kier alpha value is -2.04. The third-order valence-corrected chi connectivity index (χ3v) is 1.74. The summed E-state index contributed by atoms with van der Waals surface area (Å²) in [4.78, 5) is 21.3. The third kappa shape index (κ3) is 3.30. The summed E-state index contributed by atoms with van der Waals surface area (Å²) in [5.74, 6) is -1.33. The second-order valence-electron chi connectivity index (χ2n) is 3.09. The van der Waals surface area contributed by atoms with Crippen LogP contribution >= 0.6 is 0 Å². The van der Waals surface area contributed by atoms with Crippen LogP contribution in [-0.2, 0) is 16.0 Å². The van der Waals surface area contributed by atoms with E-state index in [0.717, 1.165) is 0 Å². The van der Waals surface area contributed by atoms with E-state index in [1.807, 2.05) is 0 Å². The van der Waals surface area contributed by atoms with Gasteiger partial charge in [-0.3, -0.25) is 9.59 Å². The van der Waals surface area contributed by atoms with Crippen molar-refractivity contribution in [1.82, 2.24) is 0 Å². The summed E-state index contributed by atoms with van der Waals surface area (Å²) in [6, 6.07) is 4.17. The van der Waals surface area contributed by atoms with Crippen molar-refractivity contribution in [2.24, 2.45) is 0 Å². The molecule has 0 saturated carbocycles. The van der Waals surface area contributed by atoms with E-state index in [1.165, 1.54) is 25.1 Å². The number of benzene rings is 1. The number of phenolic OH excluding ortho intramolecular Hbond substituents is 1. The van der Waals surface area contributed by atoms with Crippen molar-refractivity contribution in [2.75, 3.05) is 5.32 Å². The zero-order valence-electron chi connectivity index (χ0n) is 8.15. The van der Waals surface area contributed by atoms with Gasteiger partial charge in [0.25, 0.3) is 0 Å². The first-order valence-electron chi connectivity index (χ1n) is 4.30. The van der Waals surface area contributed by atoms with E-state index in [-0.39, 0.29) is 18.1 Å². The van der Waals surface area contributed by atoms with E-state index in [4.69, 9.17) is 5.11 Å². The Labute approximate surface area is 86.4 Å². The molecule has 0 aromatic heterocycles. The summed E-state index contributed by atoms with van der Waals surface area (Å²) >= 11 is 0. The van der Waals surface area contributed by atoms with E-state index in [2.05, 4.69) is 5.32 Å². The Morgan fingerprint density at radius 3 is 2.60 bits per heavy atom. The average molecular weight is 209 g/mol. The van der Waals surface area contributed by atoms with Gasteiger partial charge in [0.05, 0.1) is 6.42 Å². The highest BCUT2D eigenvalue weighted by atomic mass is 16.4. The molecule has 0 radical (unpaired) electrons. The van der Waals surface area contributed by atoms with Gasteiger partial charge in [-0.25, -0.2) is 0 Å². The molecule has 15 heavy (non-hydrogen) atoms. The van der Waals surface area contributed by atoms with Crippen LogP contribution in [0.5, 0.6) is 5.75 Å². The lowest BCUT2D eigenvalue weighted by Gasteiger charge is -2.08. The van der Waals surface area contributed by atoms with E-state index in [0.29, 0.717) is 11.3 Å². The minimum Gasteiger partial charge on any atom is -0.508 e. The maximum absolute atomic E-state index is 10.8. The second kappa shape index (κ2) is 4.45. The van der Waals surface area contributed by atoms with Gasteiger partial charge >= 0.3 is 5.97 Å². The summed E-state index contributed by atoms with van der Waals surface area (Å²) in [6.07, 6.45) is -0.246. The molecule has 1 aromatic rings. The lowest BCUT2D eigenvalue weighted by atomic mass is 10.1. The first-order valence-corrected chi connectivity index (χ1v) is 4.30. The van der Waals surface area contributed by atoms with Crippen LogP contribution in [0.4, 0.5) is 5.69 Å². The number of aliphatic carboxylic acids is 1. The molecule has 1 aromatic carbocycles. The first kappa shape index (κ1) is 11.0. The number of carboxylic acid groups (broad SMARTS) is 1. The summed E-state index contributed by atoms with van der Waals surface area (Å²) < 4.78 is 0. The second-order valence-corrected chi connectivity index (χ2v) is 3.09. The van der Waals surface area contributed by atoms with Gasteiger partial charge in [0.2, 0.25) is 5.91 Å². The van der Waals surface area contributed by atoms with Crippen LogP contribution < -0.4 is 5.32 Å². The smallest absolute Gasteiger partial charge is 0.307 e. The summed E-state index contributed by atoms with van der Waals surface area (Å²) in [7, 11) is 0. The van der Waals surface area contributed by atoms with Crippen molar-refractivity contribution in [3.63, 3.8) is 0 Å². The molecule has 0 aliphatic rings. The van der Waals surface area contributed by atoms with Gasteiger partial charge in [-0.1, -0.05) is 0 Å². The van der Waals surface area contributed by atoms with E-state index in [1.54, 1.807) is 0 Å². The molecule has 0 atom stereocenters. The Balaban J connectivity index is 3.02. The Morgan fingerprint density at radius 2 is 2.07 bits per heavy atom. The van der Waals surface area contributed by atoms with Crippen LogP contribution in [0.2, 0.25) is 0 Å².